The Labute approximate surface area is 172 Å². The van der Waals surface area contributed by atoms with Crippen LogP contribution in [0.5, 0.6) is 5.75 Å². The zero-order valence-corrected chi connectivity index (χ0v) is 17.3. The Morgan fingerprint density at radius 2 is 1.76 bits per heavy atom. The molecule has 0 unspecified atom stereocenters. The number of nitrogens with one attached hydrogen (secondary N) is 3. The average molecular weight is 405 g/mol. The minimum atomic E-state index is -0.461. The second kappa shape index (κ2) is 12.1. The Kier molecular flexibility index (Phi) is 9.43. The summed E-state index contributed by atoms with van der Waals surface area (Å²) in [6.45, 7) is 2.56. The molecule has 29 heavy (non-hydrogen) atoms. The smallest absolute Gasteiger partial charge is 0.321 e. The molecule has 0 bridgehead atoms. The second-order valence-corrected chi connectivity index (χ2v) is 7.32. The normalized spacial score (nSPS) is 14.3. The molecule has 0 spiro atoms. The summed E-state index contributed by atoms with van der Waals surface area (Å²) >= 11 is 0. The average Bonchev–Trinajstić information content (AvgIpc) is 2.69. The SMILES string of the molecule is CCCN(CC(=O)NC(=O)NC1CCCCC1)CC(=O)Nc1ccccc1OC. The number of carbonyl (C=O) groups is 3. The van der Waals surface area contributed by atoms with Gasteiger partial charge in [-0.25, -0.2) is 4.79 Å². The van der Waals surface area contributed by atoms with E-state index in [4.69, 9.17) is 4.74 Å². The van der Waals surface area contributed by atoms with Gasteiger partial charge in [-0.2, -0.15) is 0 Å². The van der Waals surface area contributed by atoms with Gasteiger partial charge < -0.3 is 15.4 Å². The summed E-state index contributed by atoms with van der Waals surface area (Å²) in [7, 11) is 1.54. The topological polar surface area (TPSA) is 99.8 Å². The first kappa shape index (κ1) is 22.7. The van der Waals surface area contributed by atoms with Crippen LogP contribution in [0.25, 0.3) is 0 Å². The molecule has 1 aliphatic rings. The lowest BCUT2D eigenvalue weighted by atomic mass is 9.96. The number of para-hydroxylation sites is 2. The Bertz CT molecular complexity index is 689. The van der Waals surface area contributed by atoms with Gasteiger partial charge in [-0.15, -0.1) is 0 Å². The summed E-state index contributed by atoms with van der Waals surface area (Å²) in [6.07, 6.45) is 6.08. The maximum absolute atomic E-state index is 12.4. The maximum Gasteiger partial charge on any atom is 0.321 e. The van der Waals surface area contributed by atoms with Crippen molar-refractivity contribution in [1.29, 1.82) is 0 Å². The first-order valence-corrected chi connectivity index (χ1v) is 10.3. The summed E-state index contributed by atoms with van der Waals surface area (Å²) in [5.41, 5.74) is 0.577. The number of hydrogen-bond acceptors (Lipinski definition) is 5. The molecule has 0 radical (unpaired) electrons. The van der Waals surface area contributed by atoms with E-state index in [2.05, 4.69) is 16.0 Å². The van der Waals surface area contributed by atoms with Crippen LogP contribution in [0.15, 0.2) is 24.3 Å². The minimum absolute atomic E-state index is 0.0225. The molecular weight excluding hydrogens is 372 g/mol. The van der Waals surface area contributed by atoms with Crippen molar-refractivity contribution in [2.24, 2.45) is 0 Å². The number of hydrogen-bond donors (Lipinski definition) is 3. The zero-order valence-electron chi connectivity index (χ0n) is 17.3. The predicted octanol–water partition coefficient (Wildman–Crippen LogP) is 2.50. The molecule has 2 rings (SSSR count). The van der Waals surface area contributed by atoms with Crippen LogP contribution < -0.4 is 20.7 Å². The fourth-order valence-electron chi connectivity index (χ4n) is 3.51. The Morgan fingerprint density at radius 3 is 2.45 bits per heavy atom. The van der Waals surface area contributed by atoms with Crippen LogP contribution in [0.4, 0.5) is 10.5 Å². The lowest BCUT2D eigenvalue weighted by Crippen LogP contribution is -2.48. The van der Waals surface area contributed by atoms with Crippen molar-refractivity contribution in [2.75, 3.05) is 32.1 Å². The van der Waals surface area contributed by atoms with E-state index in [-0.39, 0.29) is 25.0 Å². The summed E-state index contributed by atoms with van der Waals surface area (Å²) in [5.74, 6) is -0.0979. The van der Waals surface area contributed by atoms with Crippen molar-refractivity contribution in [1.82, 2.24) is 15.5 Å². The third-order valence-electron chi connectivity index (χ3n) is 4.85. The van der Waals surface area contributed by atoms with E-state index in [1.54, 1.807) is 23.1 Å². The van der Waals surface area contributed by atoms with Crippen LogP contribution >= 0.6 is 0 Å². The molecule has 3 N–H and O–H groups in total. The first-order valence-electron chi connectivity index (χ1n) is 10.3. The van der Waals surface area contributed by atoms with E-state index in [0.29, 0.717) is 18.0 Å². The lowest BCUT2D eigenvalue weighted by molar-refractivity contribution is -0.122. The third-order valence-corrected chi connectivity index (χ3v) is 4.85. The number of urea groups is 1. The van der Waals surface area contributed by atoms with Gasteiger partial charge in [0.05, 0.1) is 25.9 Å². The number of methoxy groups -OCH3 is 1. The van der Waals surface area contributed by atoms with Crippen LogP contribution in [-0.4, -0.2) is 55.5 Å². The zero-order chi connectivity index (χ0) is 21.1. The van der Waals surface area contributed by atoms with Gasteiger partial charge in [0.25, 0.3) is 0 Å². The minimum Gasteiger partial charge on any atom is -0.495 e. The molecule has 0 aliphatic heterocycles. The number of rotatable bonds is 9. The number of carbonyl (C=O) groups excluding carboxylic acids is 3. The van der Waals surface area contributed by atoms with Crippen molar-refractivity contribution in [3.63, 3.8) is 0 Å². The monoisotopic (exact) mass is 404 g/mol. The molecule has 0 heterocycles. The van der Waals surface area contributed by atoms with E-state index >= 15 is 0 Å². The third kappa shape index (κ3) is 8.11. The Morgan fingerprint density at radius 1 is 1.07 bits per heavy atom. The van der Waals surface area contributed by atoms with E-state index in [1.165, 1.54) is 13.5 Å². The highest BCUT2D eigenvalue weighted by atomic mass is 16.5. The largest absolute Gasteiger partial charge is 0.495 e. The number of ether oxygens (including phenoxy) is 1. The van der Waals surface area contributed by atoms with Crippen molar-refractivity contribution in [3.05, 3.63) is 24.3 Å². The van der Waals surface area contributed by atoms with Crippen LogP contribution in [-0.2, 0) is 9.59 Å². The van der Waals surface area contributed by atoms with Crippen molar-refractivity contribution in [2.45, 2.75) is 51.5 Å². The summed E-state index contributed by atoms with van der Waals surface area (Å²) in [5, 5.41) is 8.04. The van der Waals surface area contributed by atoms with Gasteiger partial charge in [-0.1, -0.05) is 38.3 Å². The molecule has 1 aromatic carbocycles. The second-order valence-electron chi connectivity index (χ2n) is 7.32. The summed E-state index contributed by atoms with van der Waals surface area (Å²) in [4.78, 5) is 38.4. The maximum atomic E-state index is 12.4. The van der Waals surface area contributed by atoms with Gasteiger partial charge in [-0.3, -0.25) is 19.8 Å². The van der Waals surface area contributed by atoms with Crippen molar-refractivity contribution >= 4 is 23.5 Å². The van der Waals surface area contributed by atoms with E-state index in [1.807, 2.05) is 13.0 Å². The molecular formula is C21H32N4O4. The van der Waals surface area contributed by atoms with Gasteiger partial charge in [0.15, 0.2) is 0 Å². The Balaban J connectivity index is 1.82. The van der Waals surface area contributed by atoms with Crippen LogP contribution in [0.2, 0.25) is 0 Å². The van der Waals surface area contributed by atoms with Crippen molar-refractivity contribution < 1.29 is 19.1 Å². The summed E-state index contributed by atoms with van der Waals surface area (Å²) in [6, 6.07) is 6.81. The van der Waals surface area contributed by atoms with Gasteiger partial charge in [0, 0.05) is 6.04 Å². The van der Waals surface area contributed by atoms with Crippen molar-refractivity contribution in [3.8, 4) is 5.75 Å². The van der Waals surface area contributed by atoms with E-state index in [9.17, 15) is 14.4 Å². The molecule has 1 saturated carbocycles. The van der Waals surface area contributed by atoms with Gasteiger partial charge in [0.2, 0.25) is 11.8 Å². The molecule has 160 valence electrons. The number of imide groups is 1. The molecule has 0 atom stereocenters. The number of benzene rings is 1. The molecule has 0 aromatic heterocycles. The fraction of sp³-hybridized carbons (Fsp3) is 0.571. The molecule has 8 heteroatoms. The molecule has 1 fully saturated rings. The Hall–Kier alpha value is -2.61. The van der Waals surface area contributed by atoms with Gasteiger partial charge >= 0.3 is 6.03 Å². The number of anilines is 1. The quantitative estimate of drug-likeness (QED) is 0.587. The molecule has 1 aromatic rings. The standard InChI is InChI=1S/C21H32N4O4/c1-3-13-25(14-19(26)23-17-11-7-8-12-18(17)29-2)15-20(27)24-21(28)22-16-9-5-4-6-10-16/h7-8,11-12,16H,3-6,9-10,13-15H2,1-2H3,(H,23,26)(H2,22,24,27,28). The highest BCUT2D eigenvalue weighted by molar-refractivity contribution is 5.96. The molecule has 1 aliphatic carbocycles. The molecule has 8 nitrogen and oxygen atoms in total. The predicted molar refractivity (Wildman–Crippen MR) is 112 cm³/mol. The van der Waals surface area contributed by atoms with Gasteiger partial charge in [0.1, 0.15) is 5.75 Å². The summed E-state index contributed by atoms with van der Waals surface area (Å²) < 4.78 is 5.23. The fourth-order valence-corrected chi connectivity index (χ4v) is 3.51. The lowest BCUT2D eigenvalue weighted by Gasteiger charge is -2.23. The van der Waals surface area contributed by atoms with Gasteiger partial charge in [-0.05, 0) is 37.9 Å². The molecule has 0 saturated heterocycles. The van der Waals surface area contributed by atoms with E-state index in [0.717, 1.165) is 32.1 Å². The number of nitrogens with zero attached hydrogens (tertiary/aromatic N) is 1. The van der Waals surface area contributed by atoms with Crippen LogP contribution in [0, 0.1) is 0 Å². The van der Waals surface area contributed by atoms with Crippen LogP contribution in [0.3, 0.4) is 0 Å². The highest BCUT2D eigenvalue weighted by Crippen LogP contribution is 2.22. The highest BCUT2D eigenvalue weighted by Gasteiger charge is 2.19. The molecule has 4 amide bonds. The first-order chi connectivity index (χ1) is 14.0. The van der Waals surface area contributed by atoms with Crippen LogP contribution in [0.1, 0.15) is 45.4 Å². The number of amides is 4. The van der Waals surface area contributed by atoms with E-state index < -0.39 is 11.9 Å².